The Kier molecular flexibility index (Phi) is 4.77. The Morgan fingerprint density at radius 2 is 1.04 bits per heavy atom. The molecule has 1 saturated carbocycles. The normalized spacial score (nSPS) is 37.0. The lowest BCUT2D eigenvalue weighted by Crippen LogP contribution is -2.71. The number of alkyl halides is 6. The van der Waals surface area contributed by atoms with E-state index in [2.05, 4.69) is 0 Å². The Balaban J connectivity index is 1.53. The zero-order valence-electron chi connectivity index (χ0n) is 12.5. The lowest BCUT2D eigenvalue weighted by atomic mass is 9.87. The van der Waals surface area contributed by atoms with Gasteiger partial charge in [-0.2, -0.15) is 0 Å². The average Bonchev–Trinajstić information content (AvgIpc) is 3.39. The SMILES string of the molecule is O=C(OCC(Cl)(Cl)Cl)N1C2[C@H]3O[C@@H]3C([C@@H]3O[C@H]23)N1C(=O)OCC(Cl)(Cl)Cl. The largest absolute Gasteiger partial charge is 0.444 e. The van der Waals surface area contributed by atoms with Crippen LogP contribution in [-0.2, 0) is 18.9 Å². The number of amides is 2. The second kappa shape index (κ2) is 6.35. The van der Waals surface area contributed by atoms with E-state index in [1.807, 2.05) is 0 Å². The van der Waals surface area contributed by atoms with Crippen molar-refractivity contribution >= 4 is 81.8 Å². The van der Waals surface area contributed by atoms with Crippen LogP contribution in [0.3, 0.4) is 0 Å². The molecule has 146 valence electrons. The van der Waals surface area contributed by atoms with Crippen molar-refractivity contribution in [1.82, 2.24) is 10.0 Å². The number of nitrogens with zero attached hydrogens (tertiary/aromatic N) is 2. The fourth-order valence-electron chi connectivity index (χ4n) is 3.43. The third-order valence-electron chi connectivity index (χ3n) is 4.36. The van der Waals surface area contributed by atoms with Crippen LogP contribution in [0.2, 0.25) is 0 Å². The Bertz CT molecular complexity index is 571. The van der Waals surface area contributed by atoms with Gasteiger partial charge in [-0.15, -0.1) is 0 Å². The summed E-state index contributed by atoms with van der Waals surface area (Å²) in [6, 6.07) is -1.11. The molecule has 5 fully saturated rings. The van der Waals surface area contributed by atoms with Gasteiger partial charge in [0.2, 0.25) is 7.59 Å². The van der Waals surface area contributed by atoms with Gasteiger partial charge in [-0.1, -0.05) is 69.6 Å². The summed E-state index contributed by atoms with van der Waals surface area (Å²) in [6.07, 6.45) is -2.86. The third-order valence-corrected chi connectivity index (χ3v) is 5.01. The number of hydrazine groups is 1. The van der Waals surface area contributed by atoms with Crippen molar-refractivity contribution in [2.45, 2.75) is 44.1 Å². The van der Waals surface area contributed by atoms with Gasteiger partial charge in [0.1, 0.15) is 49.7 Å². The van der Waals surface area contributed by atoms with Crippen LogP contribution in [-0.4, -0.2) is 79.5 Å². The maximum atomic E-state index is 12.6. The minimum Gasteiger partial charge on any atom is -0.444 e. The second-order valence-electron chi connectivity index (χ2n) is 6.14. The molecule has 8 nitrogen and oxygen atoms in total. The van der Waals surface area contributed by atoms with Crippen LogP contribution < -0.4 is 0 Å². The fraction of sp³-hybridized carbons (Fsp3) is 0.833. The molecule has 2 bridgehead atoms. The van der Waals surface area contributed by atoms with Gasteiger partial charge < -0.3 is 18.9 Å². The van der Waals surface area contributed by atoms with E-state index in [0.29, 0.717) is 0 Å². The molecule has 26 heavy (non-hydrogen) atoms. The number of halogens is 6. The van der Waals surface area contributed by atoms with Gasteiger partial charge >= 0.3 is 12.2 Å². The molecule has 4 saturated heterocycles. The molecule has 4 heterocycles. The summed E-state index contributed by atoms with van der Waals surface area (Å²) in [5.41, 5.74) is 0. The number of carbonyl (C=O) groups excluding carboxylic acids is 2. The molecule has 2 unspecified atom stereocenters. The van der Waals surface area contributed by atoms with Gasteiger partial charge in [-0.3, -0.25) is 0 Å². The maximum absolute atomic E-state index is 12.6. The number of carbonyl (C=O) groups is 2. The summed E-state index contributed by atoms with van der Waals surface area (Å²) in [6.45, 7) is -1.02. The summed E-state index contributed by atoms with van der Waals surface area (Å²) in [5.74, 6) is 0. The molecule has 0 radical (unpaired) electrons. The van der Waals surface area contributed by atoms with Crippen molar-refractivity contribution in [2.24, 2.45) is 0 Å². The fourth-order valence-corrected chi connectivity index (χ4v) is 3.76. The Hall–Kier alpha value is 0.200. The minimum atomic E-state index is -1.80. The van der Waals surface area contributed by atoms with Gasteiger partial charge in [0.25, 0.3) is 0 Å². The number of fused-ring (bicyclic) bond motifs is 1. The summed E-state index contributed by atoms with van der Waals surface area (Å²) < 4.78 is 17.6. The highest BCUT2D eigenvalue weighted by Crippen LogP contribution is 2.56. The molecule has 1 aliphatic carbocycles. The Morgan fingerprint density at radius 1 is 0.731 bits per heavy atom. The predicted molar refractivity (Wildman–Crippen MR) is 91.9 cm³/mol. The molecular formula is C12H10Cl6N2O6. The molecule has 0 spiro atoms. The number of hydrogen-bond acceptors (Lipinski definition) is 6. The monoisotopic (exact) mass is 488 g/mol. The van der Waals surface area contributed by atoms with E-state index >= 15 is 0 Å². The lowest BCUT2D eigenvalue weighted by molar-refractivity contribution is -0.0964. The van der Waals surface area contributed by atoms with Crippen LogP contribution in [0.1, 0.15) is 0 Å². The van der Waals surface area contributed by atoms with Gasteiger partial charge in [0, 0.05) is 0 Å². The zero-order chi connectivity index (χ0) is 19.0. The minimum absolute atomic E-state index is 0.263. The summed E-state index contributed by atoms with van der Waals surface area (Å²) in [7, 11) is 0. The zero-order valence-corrected chi connectivity index (χ0v) is 17.0. The van der Waals surface area contributed by atoms with Crippen LogP contribution in [0, 0.1) is 0 Å². The molecule has 4 aliphatic heterocycles. The number of epoxide rings is 2. The molecule has 6 atom stereocenters. The van der Waals surface area contributed by atoms with Gasteiger partial charge in [0.15, 0.2) is 0 Å². The van der Waals surface area contributed by atoms with Crippen molar-refractivity contribution in [2.75, 3.05) is 13.2 Å². The van der Waals surface area contributed by atoms with Crippen molar-refractivity contribution in [3.05, 3.63) is 0 Å². The first-order chi connectivity index (χ1) is 12.0. The molecule has 0 aromatic carbocycles. The van der Waals surface area contributed by atoms with E-state index in [9.17, 15) is 9.59 Å². The molecule has 14 heteroatoms. The van der Waals surface area contributed by atoms with Gasteiger partial charge in [0.05, 0.1) is 0 Å². The van der Waals surface area contributed by atoms with E-state index in [0.717, 1.165) is 10.0 Å². The number of hydrogen-bond donors (Lipinski definition) is 0. The summed E-state index contributed by atoms with van der Waals surface area (Å²) >= 11 is 33.6. The van der Waals surface area contributed by atoms with Crippen LogP contribution >= 0.6 is 69.6 Å². The average molecular weight is 491 g/mol. The van der Waals surface area contributed by atoms with Crippen molar-refractivity contribution in [3.8, 4) is 0 Å². The molecule has 5 rings (SSSR count). The van der Waals surface area contributed by atoms with E-state index in [-0.39, 0.29) is 24.4 Å². The van der Waals surface area contributed by atoms with E-state index in [1.54, 1.807) is 0 Å². The topological polar surface area (TPSA) is 84.1 Å². The Morgan fingerprint density at radius 3 is 1.31 bits per heavy atom. The van der Waals surface area contributed by atoms with Crippen molar-refractivity contribution in [3.63, 3.8) is 0 Å². The van der Waals surface area contributed by atoms with E-state index in [4.69, 9.17) is 88.6 Å². The predicted octanol–water partition coefficient (Wildman–Crippen LogP) is 2.82. The molecule has 5 aliphatic rings. The van der Waals surface area contributed by atoms with Crippen molar-refractivity contribution < 1.29 is 28.5 Å². The van der Waals surface area contributed by atoms with Gasteiger partial charge in [-0.05, 0) is 0 Å². The highest BCUT2D eigenvalue weighted by molar-refractivity contribution is 6.68. The number of ether oxygens (including phenoxy) is 4. The lowest BCUT2D eigenvalue weighted by Gasteiger charge is -2.46. The Labute approximate surface area is 177 Å². The van der Waals surface area contributed by atoms with Crippen molar-refractivity contribution in [1.29, 1.82) is 0 Å². The number of rotatable bonds is 2. The second-order valence-corrected chi connectivity index (χ2v) is 11.2. The van der Waals surface area contributed by atoms with Crippen LogP contribution in [0.5, 0.6) is 0 Å². The van der Waals surface area contributed by atoms with Crippen LogP contribution in [0.4, 0.5) is 9.59 Å². The summed E-state index contributed by atoms with van der Waals surface area (Å²) in [5, 5.41) is 2.15. The molecule has 0 N–H and O–H groups in total. The third kappa shape index (κ3) is 3.59. The van der Waals surface area contributed by atoms with Crippen LogP contribution in [0.25, 0.3) is 0 Å². The van der Waals surface area contributed by atoms with Crippen LogP contribution in [0.15, 0.2) is 0 Å². The summed E-state index contributed by atoms with van der Waals surface area (Å²) in [4.78, 5) is 25.1. The van der Waals surface area contributed by atoms with E-state index in [1.165, 1.54) is 0 Å². The quantitative estimate of drug-likeness (QED) is 0.437. The molecule has 2 amide bonds. The standard InChI is InChI=1S/C12H10Cl6N2O6/c13-11(14,15)1-23-9(21)19-3-5-7(25-5)4(8-6(3)26-8)20(19)10(22)24-2-12(16,17)18/h3-8H,1-2H2/t3?,4?,5-,6-,7-,8+/m1/s1. The highest BCUT2D eigenvalue weighted by atomic mass is 35.6. The smallest absolute Gasteiger partial charge is 0.429 e. The first-order valence-electron chi connectivity index (χ1n) is 7.34. The van der Waals surface area contributed by atoms with E-state index < -0.39 is 45.1 Å². The highest BCUT2D eigenvalue weighted by Gasteiger charge is 2.78. The first-order valence-corrected chi connectivity index (χ1v) is 9.61. The molecule has 0 aromatic heterocycles. The first kappa shape index (κ1) is 19.5. The molecule has 0 aromatic rings. The van der Waals surface area contributed by atoms with Gasteiger partial charge in [-0.25, -0.2) is 19.6 Å². The maximum Gasteiger partial charge on any atom is 0.429 e. The molecular weight excluding hydrogens is 481 g/mol.